The average Bonchev–Trinajstić information content (AvgIpc) is 3.75. The molecule has 11 heteroatoms. The van der Waals surface area contributed by atoms with Gasteiger partial charge >= 0.3 is 0 Å². The van der Waals surface area contributed by atoms with Crippen molar-refractivity contribution >= 4 is 45.6 Å². The van der Waals surface area contributed by atoms with E-state index in [1.54, 1.807) is 25.4 Å². The standard InChI is InChI=1S/C31H35N7O3S/c1-32-29(40)28-30(41-18-19-10-11-19)38-31(42-28)20-12-13-34-25(16-20)37-26(39)17-33-14-15-35-27-21-6-2-4-8-23(21)36-24-9-5-3-7-22(24)27/h2,4,6,8,12-13,16,19,33H,3,5,7,9-11,14-15,17-18H2,1H3,(H,32,40)(H,35,36)(H,34,37,39). The van der Waals surface area contributed by atoms with Crippen LogP contribution in [0.1, 0.15) is 46.6 Å². The van der Waals surface area contributed by atoms with Crippen LogP contribution >= 0.6 is 11.3 Å². The lowest BCUT2D eigenvalue weighted by Gasteiger charge is -2.21. The highest BCUT2D eigenvalue weighted by molar-refractivity contribution is 7.17. The second kappa shape index (κ2) is 12.8. The minimum atomic E-state index is -0.232. The third kappa shape index (κ3) is 6.52. The van der Waals surface area contributed by atoms with E-state index in [1.807, 2.05) is 12.1 Å². The van der Waals surface area contributed by atoms with E-state index in [4.69, 9.17) is 9.72 Å². The van der Waals surface area contributed by atoms with Crippen molar-refractivity contribution in [3.63, 3.8) is 0 Å². The number of pyridine rings is 2. The van der Waals surface area contributed by atoms with Crippen molar-refractivity contribution in [2.75, 3.05) is 43.9 Å². The van der Waals surface area contributed by atoms with Crippen LogP contribution in [0.5, 0.6) is 5.88 Å². The number of ether oxygens (including phenoxy) is 1. The lowest BCUT2D eigenvalue weighted by Crippen LogP contribution is -2.31. The number of benzene rings is 1. The molecular weight excluding hydrogens is 550 g/mol. The maximum atomic E-state index is 12.7. The highest BCUT2D eigenvalue weighted by Gasteiger charge is 2.25. The first kappa shape index (κ1) is 28.0. The van der Waals surface area contributed by atoms with Crippen LogP contribution in [0.25, 0.3) is 21.5 Å². The number of nitrogens with one attached hydrogen (secondary N) is 4. The molecule has 1 aromatic carbocycles. The molecule has 3 aromatic heterocycles. The summed E-state index contributed by atoms with van der Waals surface area (Å²) in [6.45, 7) is 2.02. The Kier molecular flexibility index (Phi) is 8.57. The zero-order chi connectivity index (χ0) is 28.9. The van der Waals surface area contributed by atoms with E-state index in [-0.39, 0.29) is 18.4 Å². The van der Waals surface area contributed by atoms with E-state index in [0.29, 0.717) is 47.2 Å². The number of anilines is 2. The van der Waals surface area contributed by atoms with Crippen LogP contribution in [0.15, 0.2) is 42.6 Å². The zero-order valence-electron chi connectivity index (χ0n) is 23.7. The third-order valence-corrected chi connectivity index (χ3v) is 8.60. The molecular formula is C31H35N7O3S. The lowest BCUT2D eigenvalue weighted by molar-refractivity contribution is -0.115. The summed E-state index contributed by atoms with van der Waals surface area (Å²) >= 11 is 1.26. The molecule has 0 unspecified atom stereocenters. The van der Waals surface area contributed by atoms with Gasteiger partial charge in [-0.25, -0.2) is 9.97 Å². The fraction of sp³-hybridized carbons (Fsp3) is 0.387. The number of amides is 2. The molecule has 1 fully saturated rings. The number of carbonyl (C=O) groups is 2. The predicted octanol–water partition coefficient (Wildman–Crippen LogP) is 4.42. The predicted molar refractivity (Wildman–Crippen MR) is 165 cm³/mol. The Morgan fingerprint density at radius 1 is 1.07 bits per heavy atom. The number of hydrogen-bond acceptors (Lipinski definition) is 9. The maximum Gasteiger partial charge on any atom is 0.266 e. The van der Waals surface area contributed by atoms with Crippen LogP contribution in [0.4, 0.5) is 11.5 Å². The van der Waals surface area contributed by atoms with E-state index in [0.717, 1.165) is 42.1 Å². The highest BCUT2D eigenvalue weighted by Crippen LogP contribution is 2.36. The fourth-order valence-corrected chi connectivity index (χ4v) is 6.09. The first-order valence-electron chi connectivity index (χ1n) is 14.6. The molecule has 1 saturated carbocycles. The van der Waals surface area contributed by atoms with E-state index in [2.05, 4.69) is 43.4 Å². The maximum absolute atomic E-state index is 12.7. The van der Waals surface area contributed by atoms with E-state index < -0.39 is 0 Å². The molecule has 10 nitrogen and oxygen atoms in total. The summed E-state index contributed by atoms with van der Waals surface area (Å²) in [6.07, 6.45) is 8.35. The zero-order valence-corrected chi connectivity index (χ0v) is 24.5. The quantitative estimate of drug-likeness (QED) is 0.180. The summed E-state index contributed by atoms with van der Waals surface area (Å²) in [5.41, 5.74) is 5.47. The molecule has 6 rings (SSSR count). The summed E-state index contributed by atoms with van der Waals surface area (Å²) in [7, 11) is 1.59. The summed E-state index contributed by atoms with van der Waals surface area (Å²) in [4.78, 5) is 39.3. The molecule has 42 heavy (non-hydrogen) atoms. The van der Waals surface area contributed by atoms with Gasteiger partial charge in [-0.3, -0.25) is 14.6 Å². The van der Waals surface area contributed by atoms with Crippen LogP contribution in [0.2, 0.25) is 0 Å². The first-order valence-corrected chi connectivity index (χ1v) is 15.4. The first-order chi connectivity index (χ1) is 20.6. The van der Waals surface area contributed by atoms with Gasteiger partial charge in [0.15, 0.2) is 4.88 Å². The molecule has 0 spiro atoms. The van der Waals surface area contributed by atoms with Gasteiger partial charge in [-0.15, -0.1) is 11.3 Å². The third-order valence-electron chi connectivity index (χ3n) is 7.51. The highest BCUT2D eigenvalue weighted by atomic mass is 32.1. The molecule has 0 atom stereocenters. The number of rotatable bonds is 12. The van der Waals surface area contributed by atoms with Crippen molar-refractivity contribution < 1.29 is 14.3 Å². The van der Waals surface area contributed by atoms with E-state index in [1.165, 1.54) is 41.1 Å². The van der Waals surface area contributed by atoms with Crippen molar-refractivity contribution in [1.82, 2.24) is 25.6 Å². The Labute approximate surface area is 248 Å². The molecule has 0 radical (unpaired) electrons. The van der Waals surface area contributed by atoms with Gasteiger partial charge in [0, 0.05) is 48.7 Å². The number of para-hydroxylation sites is 1. The largest absolute Gasteiger partial charge is 0.476 e. The molecule has 0 bridgehead atoms. The molecule has 218 valence electrons. The smallest absolute Gasteiger partial charge is 0.266 e. The summed E-state index contributed by atoms with van der Waals surface area (Å²) in [5.74, 6) is 0.890. The Balaban J connectivity index is 1.03. The fourth-order valence-electron chi connectivity index (χ4n) is 5.14. The molecule has 2 amide bonds. The Bertz CT molecular complexity index is 1600. The van der Waals surface area contributed by atoms with Crippen molar-refractivity contribution in [1.29, 1.82) is 0 Å². The number of hydrogen-bond donors (Lipinski definition) is 4. The van der Waals surface area contributed by atoms with Gasteiger partial charge in [0.2, 0.25) is 11.8 Å². The minimum Gasteiger partial charge on any atom is -0.476 e. The van der Waals surface area contributed by atoms with Crippen molar-refractivity contribution in [3.8, 4) is 16.5 Å². The van der Waals surface area contributed by atoms with Gasteiger partial charge < -0.3 is 26.0 Å². The SMILES string of the molecule is CNC(=O)c1sc(-c2ccnc(NC(=O)CNCCNc3c4c(nc5ccccc35)CCCC4)c2)nc1OCC1CC1. The molecule has 4 aromatic rings. The number of carbonyl (C=O) groups excluding carboxylic acids is 2. The van der Waals surface area contributed by atoms with Crippen molar-refractivity contribution in [2.45, 2.75) is 38.5 Å². The summed E-state index contributed by atoms with van der Waals surface area (Å²) in [6, 6.07) is 11.8. The van der Waals surface area contributed by atoms with Crippen LogP contribution in [-0.2, 0) is 17.6 Å². The topological polar surface area (TPSA) is 130 Å². The van der Waals surface area contributed by atoms with Crippen LogP contribution < -0.4 is 26.0 Å². The van der Waals surface area contributed by atoms with Gasteiger partial charge in [-0.1, -0.05) is 18.2 Å². The molecule has 2 aliphatic rings. The van der Waals surface area contributed by atoms with Crippen molar-refractivity contribution in [2.24, 2.45) is 5.92 Å². The molecule has 0 saturated heterocycles. The lowest BCUT2D eigenvalue weighted by atomic mass is 9.92. The van der Waals surface area contributed by atoms with Gasteiger partial charge in [0.25, 0.3) is 5.91 Å². The van der Waals surface area contributed by atoms with E-state index >= 15 is 0 Å². The number of nitrogens with zero attached hydrogens (tertiary/aromatic N) is 3. The van der Waals surface area contributed by atoms with Crippen LogP contribution in [-0.4, -0.2) is 60.1 Å². The number of aryl methyl sites for hydroxylation is 1. The second-order valence-corrected chi connectivity index (χ2v) is 11.7. The Morgan fingerprint density at radius 2 is 1.93 bits per heavy atom. The summed E-state index contributed by atoms with van der Waals surface area (Å²) < 4.78 is 5.86. The van der Waals surface area contributed by atoms with Crippen LogP contribution in [0.3, 0.4) is 0 Å². The van der Waals surface area contributed by atoms with Gasteiger partial charge in [-0.2, -0.15) is 0 Å². The minimum absolute atomic E-state index is 0.153. The second-order valence-electron chi connectivity index (χ2n) is 10.7. The number of aromatic nitrogens is 3. The van der Waals surface area contributed by atoms with E-state index in [9.17, 15) is 9.59 Å². The number of thiazole rings is 1. The normalized spacial score (nSPS) is 14.3. The molecule has 2 aliphatic carbocycles. The average molecular weight is 586 g/mol. The Morgan fingerprint density at radius 3 is 2.79 bits per heavy atom. The summed E-state index contributed by atoms with van der Waals surface area (Å²) in [5, 5.41) is 14.1. The van der Waals surface area contributed by atoms with Gasteiger partial charge in [-0.05, 0) is 68.2 Å². The monoisotopic (exact) mass is 585 g/mol. The molecule has 4 N–H and O–H groups in total. The van der Waals surface area contributed by atoms with Gasteiger partial charge in [0.05, 0.1) is 18.7 Å². The van der Waals surface area contributed by atoms with Crippen LogP contribution in [0, 0.1) is 5.92 Å². The Hall–Kier alpha value is -4.09. The molecule has 3 heterocycles. The van der Waals surface area contributed by atoms with Crippen molar-refractivity contribution in [3.05, 3.63) is 58.7 Å². The molecule has 0 aliphatic heterocycles. The number of fused-ring (bicyclic) bond motifs is 2. The van der Waals surface area contributed by atoms with Gasteiger partial charge in [0.1, 0.15) is 10.8 Å².